The van der Waals surface area contributed by atoms with Crippen molar-refractivity contribution in [3.05, 3.63) is 0 Å². The fourth-order valence-electron chi connectivity index (χ4n) is 2.80. The number of aliphatic hydroxyl groups excluding tert-OH is 1. The molecule has 0 aromatic heterocycles. The summed E-state index contributed by atoms with van der Waals surface area (Å²) in [5.41, 5.74) is 0. The number of carbonyl (C=O) groups is 1. The Hall–Kier alpha value is -0.570. The first kappa shape index (κ1) is 16.5. The van der Waals surface area contributed by atoms with Crippen molar-refractivity contribution in [2.24, 2.45) is 5.92 Å². The molecule has 0 aromatic carbocycles. The molecule has 2 atom stereocenters. The molecule has 0 bridgehead atoms. The first-order valence-electron chi connectivity index (χ1n) is 8.11. The largest absolute Gasteiger partial charge is 0.393 e. The third-order valence-corrected chi connectivity index (χ3v) is 4.25. The summed E-state index contributed by atoms with van der Waals surface area (Å²) in [6, 6.07) is 0. The molecule has 1 saturated heterocycles. The van der Waals surface area contributed by atoms with E-state index < -0.39 is 0 Å². The maximum absolute atomic E-state index is 12.0. The number of amides is 1. The van der Waals surface area contributed by atoms with E-state index in [1.807, 2.05) is 11.8 Å². The average molecular weight is 269 g/mol. The summed E-state index contributed by atoms with van der Waals surface area (Å²) in [6.45, 7) is 5.65. The molecule has 0 saturated carbocycles. The van der Waals surface area contributed by atoms with E-state index in [2.05, 4.69) is 6.92 Å². The van der Waals surface area contributed by atoms with Crippen LogP contribution in [0, 0.1) is 5.92 Å². The predicted molar refractivity (Wildman–Crippen MR) is 79.0 cm³/mol. The quantitative estimate of drug-likeness (QED) is 0.652. The topological polar surface area (TPSA) is 40.5 Å². The Morgan fingerprint density at radius 1 is 1.21 bits per heavy atom. The minimum Gasteiger partial charge on any atom is -0.393 e. The van der Waals surface area contributed by atoms with Gasteiger partial charge in [-0.25, -0.2) is 0 Å². The number of carbonyl (C=O) groups excluding carboxylic acids is 1. The third-order valence-electron chi connectivity index (χ3n) is 4.25. The van der Waals surface area contributed by atoms with Gasteiger partial charge in [-0.2, -0.15) is 0 Å². The Morgan fingerprint density at radius 2 is 1.84 bits per heavy atom. The molecule has 2 unspecified atom stereocenters. The molecule has 0 aromatic rings. The molecule has 1 fully saturated rings. The highest BCUT2D eigenvalue weighted by atomic mass is 16.3. The van der Waals surface area contributed by atoms with E-state index in [1.54, 1.807) is 0 Å². The van der Waals surface area contributed by atoms with Crippen LogP contribution in [0.1, 0.15) is 71.6 Å². The van der Waals surface area contributed by atoms with Gasteiger partial charge in [-0.1, -0.05) is 45.4 Å². The van der Waals surface area contributed by atoms with Crippen LogP contribution in [-0.4, -0.2) is 35.1 Å². The van der Waals surface area contributed by atoms with Gasteiger partial charge in [0.2, 0.25) is 5.91 Å². The predicted octanol–water partition coefficient (Wildman–Crippen LogP) is 3.36. The standard InChI is InChI=1S/C16H31NO2/c1-3-4-5-6-7-8-9-10-16(19)17-12-11-15(13-17)14(2)18/h14-15,18H,3-13H2,1-2H3. The summed E-state index contributed by atoms with van der Waals surface area (Å²) in [6.07, 6.45) is 10.1. The lowest BCUT2D eigenvalue weighted by Crippen LogP contribution is -2.30. The molecule has 1 amide bonds. The molecule has 1 N–H and O–H groups in total. The summed E-state index contributed by atoms with van der Waals surface area (Å²) in [5.74, 6) is 0.578. The normalized spacial score (nSPS) is 20.8. The minimum atomic E-state index is -0.281. The van der Waals surface area contributed by atoms with Crippen LogP contribution < -0.4 is 0 Å². The molecule has 0 radical (unpaired) electrons. The minimum absolute atomic E-state index is 0.281. The van der Waals surface area contributed by atoms with Crippen molar-refractivity contribution in [1.82, 2.24) is 4.90 Å². The van der Waals surface area contributed by atoms with E-state index in [-0.39, 0.29) is 17.9 Å². The van der Waals surface area contributed by atoms with Gasteiger partial charge in [0.25, 0.3) is 0 Å². The Morgan fingerprint density at radius 3 is 2.42 bits per heavy atom. The SMILES string of the molecule is CCCCCCCCCC(=O)N1CCC(C(C)O)C1. The van der Waals surface area contributed by atoms with E-state index in [4.69, 9.17) is 0 Å². The Bertz CT molecular complexity index is 253. The van der Waals surface area contributed by atoms with Crippen LogP contribution in [0.5, 0.6) is 0 Å². The molecule has 112 valence electrons. The molecule has 19 heavy (non-hydrogen) atoms. The highest BCUT2D eigenvalue weighted by Crippen LogP contribution is 2.21. The maximum Gasteiger partial charge on any atom is 0.222 e. The van der Waals surface area contributed by atoms with E-state index in [1.165, 1.54) is 38.5 Å². The fraction of sp³-hybridized carbons (Fsp3) is 0.938. The van der Waals surface area contributed by atoms with Crippen LogP contribution in [-0.2, 0) is 4.79 Å². The van der Waals surface area contributed by atoms with Gasteiger partial charge in [-0.15, -0.1) is 0 Å². The van der Waals surface area contributed by atoms with Crippen LogP contribution in [0.25, 0.3) is 0 Å². The molecule has 3 heteroatoms. The van der Waals surface area contributed by atoms with Crippen LogP contribution >= 0.6 is 0 Å². The first-order chi connectivity index (χ1) is 9.15. The van der Waals surface area contributed by atoms with Crippen molar-refractivity contribution in [1.29, 1.82) is 0 Å². The lowest BCUT2D eigenvalue weighted by Gasteiger charge is -2.17. The monoisotopic (exact) mass is 269 g/mol. The molecular formula is C16H31NO2. The van der Waals surface area contributed by atoms with Crippen molar-refractivity contribution in [2.75, 3.05) is 13.1 Å². The number of hydrogen-bond donors (Lipinski definition) is 1. The second-order valence-electron chi connectivity index (χ2n) is 6.00. The summed E-state index contributed by atoms with van der Waals surface area (Å²) >= 11 is 0. The van der Waals surface area contributed by atoms with E-state index in [0.29, 0.717) is 6.42 Å². The Kier molecular flexibility index (Phi) is 8.11. The van der Waals surface area contributed by atoms with Gasteiger partial charge >= 0.3 is 0 Å². The van der Waals surface area contributed by atoms with Crippen molar-refractivity contribution in [3.63, 3.8) is 0 Å². The van der Waals surface area contributed by atoms with Gasteiger partial charge in [0.05, 0.1) is 6.10 Å². The second-order valence-corrected chi connectivity index (χ2v) is 6.00. The third kappa shape index (κ3) is 6.42. The molecule has 1 rings (SSSR count). The molecule has 1 heterocycles. The summed E-state index contributed by atoms with van der Waals surface area (Å²) in [7, 11) is 0. The molecule has 1 aliphatic rings. The highest BCUT2D eigenvalue weighted by molar-refractivity contribution is 5.76. The molecule has 0 aliphatic carbocycles. The number of likely N-dealkylation sites (tertiary alicyclic amines) is 1. The van der Waals surface area contributed by atoms with Gasteiger partial charge in [0.15, 0.2) is 0 Å². The molecule has 1 aliphatic heterocycles. The van der Waals surface area contributed by atoms with Crippen molar-refractivity contribution in [3.8, 4) is 0 Å². The van der Waals surface area contributed by atoms with Crippen LogP contribution in [0.4, 0.5) is 0 Å². The summed E-state index contributed by atoms with van der Waals surface area (Å²) < 4.78 is 0. The highest BCUT2D eigenvalue weighted by Gasteiger charge is 2.28. The van der Waals surface area contributed by atoms with E-state index in [0.717, 1.165) is 25.9 Å². The zero-order valence-electron chi connectivity index (χ0n) is 12.7. The Balaban J connectivity index is 2.02. The number of nitrogens with zero attached hydrogens (tertiary/aromatic N) is 1. The van der Waals surface area contributed by atoms with E-state index >= 15 is 0 Å². The van der Waals surface area contributed by atoms with E-state index in [9.17, 15) is 9.90 Å². The second kappa shape index (κ2) is 9.35. The molecular weight excluding hydrogens is 238 g/mol. The molecule has 0 spiro atoms. The lowest BCUT2D eigenvalue weighted by molar-refractivity contribution is -0.130. The Labute approximate surface area is 118 Å². The fourth-order valence-corrected chi connectivity index (χ4v) is 2.80. The summed E-state index contributed by atoms with van der Waals surface area (Å²) in [5, 5.41) is 9.53. The summed E-state index contributed by atoms with van der Waals surface area (Å²) in [4.78, 5) is 13.9. The van der Waals surface area contributed by atoms with Crippen LogP contribution in [0.2, 0.25) is 0 Å². The number of unbranched alkanes of at least 4 members (excludes halogenated alkanes) is 6. The van der Waals surface area contributed by atoms with Crippen LogP contribution in [0.15, 0.2) is 0 Å². The number of hydrogen-bond acceptors (Lipinski definition) is 2. The van der Waals surface area contributed by atoms with Crippen LogP contribution in [0.3, 0.4) is 0 Å². The molecule has 3 nitrogen and oxygen atoms in total. The van der Waals surface area contributed by atoms with Crippen molar-refractivity contribution < 1.29 is 9.90 Å². The van der Waals surface area contributed by atoms with Crippen molar-refractivity contribution in [2.45, 2.75) is 77.7 Å². The smallest absolute Gasteiger partial charge is 0.222 e. The maximum atomic E-state index is 12.0. The number of aliphatic hydroxyl groups is 1. The van der Waals surface area contributed by atoms with Gasteiger partial charge in [-0.3, -0.25) is 4.79 Å². The van der Waals surface area contributed by atoms with Gasteiger partial charge < -0.3 is 10.0 Å². The first-order valence-corrected chi connectivity index (χ1v) is 8.11. The average Bonchev–Trinajstić information content (AvgIpc) is 2.87. The lowest BCUT2D eigenvalue weighted by atomic mass is 10.0. The zero-order valence-corrected chi connectivity index (χ0v) is 12.7. The van der Waals surface area contributed by atoms with Gasteiger partial charge in [0.1, 0.15) is 0 Å². The van der Waals surface area contributed by atoms with Gasteiger partial charge in [-0.05, 0) is 19.8 Å². The number of rotatable bonds is 9. The zero-order chi connectivity index (χ0) is 14.1. The van der Waals surface area contributed by atoms with Crippen molar-refractivity contribution >= 4 is 5.91 Å². The van der Waals surface area contributed by atoms with Gasteiger partial charge in [0, 0.05) is 25.4 Å².